The summed E-state index contributed by atoms with van der Waals surface area (Å²) in [4.78, 5) is 21.4. The Balaban J connectivity index is 1.22. The number of hydrogen-bond donors (Lipinski definition) is 2. The molecule has 5 aromatic rings. The molecule has 0 radical (unpaired) electrons. The van der Waals surface area contributed by atoms with Crippen LogP contribution in [0.1, 0.15) is 28.5 Å². The van der Waals surface area contributed by atoms with Crippen LogP contribution in [0, 0.1) is 20.8 Å². The first-order valence-corrected chi connectivity index (χ1v) is 12.7. The topological polar surface area (TPSA) is 92.0 Å². The van der Waals surface area contributed by atoms with E-state index in [1.54, 1.807) is 0 Å². The second-order valence-electron chi connectivity index (χ2n) is 8.74. The van der Waals surface area contributed by atoms with Crippen LogP contribution in [0.25, 0.3) is 10.3 Å². The summed E-state index contributed by atoms with van der Waals surface area (Å²) < 4.78 is 5.50. The molecule has 0 amide bonds. The molecule has 0 aliphatic heterocycles. The molecule has 4 aromatic heterocycles. The van der Waals surface area contributed by atoms with Gasteiger partial charge in [-0.1, -0.05) is 29.0 Å². The van der Waals surface area contributed by atoms with Gasteiger partial charge in [-0.2, -0.15) is 0 Å². The molecule has 36 heavy (non-hydrogen) atoms. The fraction of sp³-hybridized carbons (Fsp3) is 0.259. The lowest BCUT2D eigenvalue weighted by molar-refractivity contribution is 0.492. The van der Waals surface area contributed by atoms with Crippen molar-refractivity contribution in [1.82, 2.24) is 25.3 Å². The van der Waals surface area contributed by atoms with Gasteiger partial charge in [0.25, 0.3) is 0 Å². The summed E-state index contributed by atoms with van der Waals surface area (Å²) >= 11 is 1.52. The van der Waals surface area contributed by atoms with E-state index in [1.807, 2.05) is 51.4 Å². The number of nitrogens with one attached hydrogen (secondary N) is 2. The van der Waals surface area contributed by atoms with Crippen molar-refractivity contribution in [2.75, 3.05) is 23.8 Å². The molecule has 0 bridgehead atoms. The first kappa shape index (κ1) is 23.9. The summed E-state index contributed by atoms with van der Waals surface area (Å²) in [5.41, 5.74) is 5.34. The quantitative estimate of drug-likeness (QED) is 0.244. The van der Waals surface area contributed by atoms with Gasteiger partial charge in [0.1, 0.15) is 27.7 Å². The number of fused-ring (bicyclic) bond motifs is 1. The predicted molar refractivity (Wildman–Crippen MR) is 146 cm³/mol. The van der Waals surface area contributed by atoms with Crippen LogP contribution in [0.3, 0.4) is 0 Å². The predicted octanol–water partition coefficient (Wildman–Crippen LogP) is 5.84. The Morgan fingerprint density at radius 3 is 2.58 bits per heavy atom. The van der Waals surface area contributed by atoms with Crippen LogP contribution in [0.5, 0.6) is 0 Å². The third kappa shape index (κ3) is 5.53. The SMILES string of the molecule is Cc1ccc(N(C)c2ccc3nc(Nc4cc(CNCCc5nc(C)oc5C)ccn4)sc3n2)cc1. The molecule has 0 unspecified atom stereocenters. The number of pyridine rings is 2. The number of aromatic nitrogens is 4. The van der Waals surface area contributed by atoms with Crippen molar-refractivity contribution in [2.24, 2.45) is 0 Å². The second kappa shape index (κ2) is 10.4. The average molecular weight is 500 g/mol. The molecule has 0 aliphatic rings. The summed E-state index contributed by atoms with van der Waals surface area (Å²) in [6.45, 7) is 7.48. The van der Waals surface area contributed by atoms with E-state index in [-0.39, 0.29) is 0 Å². The normalized spacial score (nSPS) is 11.2. The number of anilines is 4. The van der Waals surface area contributed by atoms with E-state index >= 15 is 0 Å². The maximum atomic E-state index is 5.50. The van der Waals surface area contributed by atoms with Crippen molar-refractivity contribution < 1.29 is 4.42 Å². The number of oxazole rings is 1. The maximum absolute atomic E-state index is 5.50. The van der Waals surface area contributed by atoms with Crippen molar-refractivity contribution in [3.05, 3.63) is 83.2 Å². The Hall–Kier alpha value is -3.82. The molecule has 1 aromatic carbocycles. The van der Waals surface area contributed by atoms with Crippen molar-refractivity contribution in [3.63, 3.8) is 0 Å². The second-order valence-corrected chi connectivity index (χ2v) is 9.72. The first-order valence-electron chi connectivity index (χ1n) is 11.9. The summed E-state index contributed by atoms with van der Waals surface area (Å²) in [6.07, 6.45) is 2.64. The number of nitrogens with zero attached hydrogens (tertiary/aromatic N) is 5. The van der Waals surface area contributed by atoms with Gasteiger partial charge < -0.3 is 20.0 Å². The van der Waals surface area contributed by atoms with E-state index in [0.717, 1.165) is 69.3 Å². The molecule has 0 spiro atoms. The molecule has 0 saturated carbocycles. The van der Waals surface area contributed by atoms with E-state index in [4.69, 9.17) is 14.4 Å². The van der Waals surface area contributed by atoms with Crippen LogP contribution in [-0.2, 0) is 13.0 Å². The van der Waals surface area contributed by atoms with Crippen molar-refractivity contribution in [3.8, 4) is 0 Å². The zero-order valence-electron chi connectivity index (χ0n) is 20.9. The highest BCUT2D eigenvalue weighted by atomic mass is 32.1. The fourth-order valence-corrected chi connectivity index (χ4v) is 4.79. The Kier molecular flexibility index (Phi) is 6.92. The Morgan fingerprint density at radius 2 is 1.81 bits per heavy atom. The smallest absolute Gasteiger partial charge is 0.191 e. The third-order valence-corrected chi connectivity index (χ3v) is 6.81. The van der Waals surface area contributed by atoms with Gasteiger partial charge in [-0.25, -0.2) is 19.9 Å². The number of hydrogen-bond acceptors (Lipinski definition) is 9. The molecule has 9 heteroatoms. The molecule has 4 heterocycles. The minimum Gasteiger partial charge on any atom is -0.446 e. The zero-order valence-corrected chi connectivity index (χ0v) is 21.7. The summed E-state index contributed by atoms with van der Waals surface area (Å²) in [7, 11) is 2.02. The lowest BCUT2D eigenvalue weighted by atomic mass is 10.2. The largest absolute Gasteiger partial charge is 0.446 e. The molecular formula is C27H29N7OS. The maximum Gasteiger partial charge on any atom is 0.191 e. The van der Waals surface area contributed by atoms with Crippen molar-refractivity contribution in [1.29, 1.82) is 0 Å². The summed E-state index contributed by atoms with van der Waals surface area (Å²) in [5.74, 6) is 3.24. The minimum absolute atomic E-state index is 0.715. The highest BCUT2D eigenvalue weighted by Crippen LogP contribution is 2.30. The summed E-state index contributed by atoms with van der Waals surface area (Å²) in [6, 6.07) is 16.5. The van der Waals surface area contributed by atoms with E-state index in [2.05, 4.69) is 56.7 Å². The van der Waals surface area contributed by atoms with Crippen molar-refractivity contribution in [2.45, 2.75) is 33.7 Å². The van der Waals surface area contributed by atoms with Gasteiger partial charge in [-0.3, -0.25) is 0 Å². The van der Waals surface area contributed by atoms with E-state index in [1.165, 1.54) is 16.9 Å². The molecule has 0 aliphatic carbocycles. The molecule has 0 atom stereocenters. The molecule has 2 N–H and O–H groups in total. The number of benzene rings is 1. The van der Waals surface area contributed by atoms with Gasteiger partial charge in [-0.15, -0.1) is 0 Å². The van der Waals surface area contributed by atoms with E-state index in [0.29, 0.717) is 5.89 Å². The minimum atomic E-state index is 0.715. The van der Waals surface area contributed by atoms with Gasteiger partial charge in [0.2, 0.25) is 0 Å². The summed E-state index contributed by atoms with van der Waals surface area (Å²) in [5, 5.41) is 7.57. The molecule has 0 saturated heterocycles. The van der Waals surface area contributed by atoms with Gasteiger partial charge in [0.15, 0.2) is 11.0 Å². The van der Waals surface area contributed by atoms with Crippen molar-refractivity contribution >= 4 is 44.1 Å². The van der Waals surface area contributed by atoms with Gasteiger partial charge >= 0.3 is 0 Å². The Bertz CT molecular complexity index is 1480. The Morgan fingerprint density at radius 1 is 0.972 bits per heavy atom. The number of thiazole rings is 1. The molecule has 5 rings (SSSR count). The van der Waals surface area contributed by atoms with Crippen LogP contribution in [0.2, 0.25) is 0 Å². The standard InChI is InChI=1S/C27H29N7OS/c1-17-5-7-21(8-6-17)34(4)25-10-9-23-26(33-25)36-27(31-23)32-24-15-20(11-14-29-24)16-28-13-12-22-18(2)35-19(3)30-22/h5-11,14-15,28H,12-13,16H2,1-4H3,(H,29,31,32). The number of rotatable bonds is 9. The van der Waals surface area contributed by atoms with Gasteiger partial charge in [0.05, 0.1) is 5.69 Å². The van der Waals surface area contributed by atoms with E-state index in [9.17, 15) is 0 Å². The van der Waals surface area contributed by atoms with Gasteiger partial charge in [0, 0.05) is 45.4 Å². The lowest BCUT2D eigenvalue weighted by Gasteiger charge is -2.18. The zero-order chi connectivity index (χ0) is 25.1. The molecule has 0 fully saturated rings. The first-order chi connectivity index (χ1) is 17.4. The lowest BCUT2D eigenvalue weighted by Crippen LogP contribution is -2.17. The van der Waals surface area contributed by atoms with Crippen LogP contribution in [0.15, 0.2) is 59.1 Å². The molecule has 8 nitrogen and oxygen atoms in total. The Labute approximate surface area is 214 Å². The molecular weight excluding hydrogens is 470 g/mol. The highest BCUT2D eigenvalue weighted by Gasteiger charge is 2.11. The third-order valence-electron chi connectivity index (χ3n) is 5.93. The average Bonchev–Trinajstić information content (AvgIpc) is 3.42. The van der Waals surface area contributed by atoms with Crippen LogP contribution < -0.4 is 15.5 Å². The monoisotopic (exact) mass is 499 g/mol. The van der Waals surface area contributed by atoms with Crippen LogP contribution in [0.4, 0.5) is 22.5 Å². The molecule has 184 valence electrons. The highest BCUT2D eigenvalue weighted by molar-refractivity contribution is 7.21. The van der Waals surface area contributed by atoms with E-state index < -0.39 is 0 Å². The van der Waals surface area contributed by atoms with Gasteiger partial charge in [-0.05, 0) is 55.8 Å². The fourth-order valence-electron chi connectivity index (χ4n) is 3.95. The van der Waals surface area contributed by atoms with Crippen LogP contribution >= 0.6 is 11.3 Å². The number of aryl methyl sites for hydroxylation is 3. The van der Waals surface area contributed by atoms with Crippen LogP contribution in [-0.4, -0.2) is 33.5 Å².